The van der Waals surface area contributed by atoms with Crippen LogP contribution in [0.4, 0.5) is 17.5 Å². The number of nitrogens with one attached hydrogen (secondary N) is 1. The van der Waals surface area contributed by atoms with Crippen molar-refractivity contribution in [3.63, 3.8) is 0 Å². The lowest BCUT2D eigenvalue weighted by molar-refractivity contribution is 0.0598. The molecule has 0 atom stereocenters. The molecule has 0 aliphatic carbocycles. The fourth-order valence-electron chi connectivity index (χ4n) is 2.65. The van der Waals surface area contributed by atoms with Gasteiger partial charge in [0.2, 0.25) is 5.88 Å². The number of pyridine rings is 2. The Bertz CT molecular complexity index is 1070. The van der Waals surface area contributed by atoms with Crippen LogP contribution in [-0.4, -0.2) is 34.4 Å². The summed E-state index contributed by atoms with van der Waals surface area (Å²) in [5, 5.41) is 13.4. The predicted molar refractivity (Wildman–Crippen MR) is 99.5 cm³/mol. The van der Waals surface area contributed by atoms with E-state index in [9.17, 15) is 9.90 Å². The summed E-state index contributed by atoms with van der Waals surface area (Å²) in [5.74, 6) is 0.0839. The molecule has 134 valence electrons. The van der Waals surface area contributed by atoms with Gasteiger partial charge in [-0.3, -0.25) is 0 Å². The first-order chi connectivity index (χ1) is 13.2. The van der Waals surface area contributed by atoms with Crippen molar-refractivity contribution in [2.24, 2.45) is 4.99 Å². The lowest BCUT2D eigenvalue weighted by Gasteiger charge is -2.03. The number of aromatic nitrogens is 2. The number of methoxy groups -OCH3 is 1. The van der Waals surface area contributed by atoms with Gasteiger partial charge in [0.25, 0.3) is 0 Å². The number of nitrogens with zero attached hydrogens (tertiary/aromatic N) is 3. The van der Waals surface area contributed by atoms with E-state index in [0.29, 0.717) is 17.2 Å². The van der Waals surface area contributed by atoms with Gasteiger partial charge in [0.15, 0.2) is 22.9 Å². The van der Waals surface area contributed by atoms with Crippen molar-refractivity contribution in [2.45, 2.75) is 0 Å². The predicted octanol–water partition coefficient (Wildman–Crippen LogP) is 3.56. The molecule has 1 aliphatic heterocycles. The number of carbonyl (C=O) groups excluding carboxylic acids is 1. The zero-order chi connectivity index (χ0) is 18.8. The minimum atomic E-state index is -0.735. The summed E-state index contributed by atoms with van der Waals surface area (Å²) in [6, 6.07) is 8.88. The van der Waals surface area contributed by atoms with E-state index in [1.54, 1.807) is 48.9 Å². The van der Waals surface area contributed by atoms with Crippen molar-refractivity contribution in [3.05, 3.63) is 59.6 Å². The van der Waals surface area contributed by atoms with Gasteiger partial charge in [-0.05, 0) is 30.3 Å². The molecule has 4 heterocycles. The Balaban J connectivity index is 1.77. The van der Waals surface area contributed by atoms with Crippen molar-refractivity contribution in [2.75, 3.05) is 12.4 Å². The van der Waals surface area contributed by atoms with Crippen LogP contribution in [-0.2, 0) is 4.74 Å². The van der Waals surface area contributed by atoms with Crippen LogP contribution in [0.2, 0.25) is 0 Å². The molecular weight excluding hydrogens is 348 g/mol. The van der Waals surface area contributed by atoms with Crippen LogP contribution in [0.15, 0.2) is 52.1 Å². The molecule has 0 spiro atoms. The summed E-state index contributed by atoms with van der Waals surface area (Å²) in [5.41, 5.74) is 1.38. The first-order valence-corrected chi connectivity index (χ1v) is 8.00. The fourth-order valence-corrected chi connectivity index (χ4v) is 2.65. The number of fused-ring (bicyclic) bond motifs is 1. The van der Waals surface area contributed by atoms with Gasteiger partial charge in [-0.1, -0.05) is 6.07 Å². The summed E-state index contributed by atoms with van der Waals surface area (Å²) >= 11 is 0. The molecule has 0 radical (unpaired) electrons. The molecule has 3 aromatic heterocycles. The number of esters is 1. The SMILES string of the molecule is COC(=O)c1c(Nc2ccccn2)oc(/C=C2\C=Nc3ncccc32)c1O. The first-order valence-electron chi connectivity index (χ1n) is 8.00. The second-order valence-electron chi connectivity index (χ2n) is 5.58. The summed E-state index contributed by atoms with van der Waals surface area (Å²) in [6.07, 6.45) is 6.43. The highest BCUT2D eigenvalue weighted by Crippen LogP contribution is 2.39. The van der Waals surface area contributed by atoms with Gasteiger partial charge in [-0.25, -0.2) is 19.8 Å². The molecule has 8 heteroatoms. The number of allylic oxidation sites excluding steroid dienone is 1. The molecule has 0 amide bonds. The zero-order valence-corrected chi connectivity index (χ0v) is 14.2. The fraction of sp³-hybridized carbons (Fsp3) is 0.0526. The smallest absolute Gasteiger partial charge is 0.347 e. The van der Waals surface area contributed by atoms with E-state index in [1.165, 1.54) is 7.11 Å². The van der Waals surface area contributed by atoms with E-state index in [1.807, 2.05) is 6.07 Å². The monoisotopic (exact) mass is 362 g/mol. The number of anilines is 2. The van der Waals surface area contributed by atoms with Gasteiger partial charge < -0.3 is 19.6 Å². The van der Waals surface area contributed by atoms with Gasteiger partial charge in [0, 0.05) is 29.7 Å². The first kappa shape index (κ1) is 16.5. The van der Waals surface area contributed by atoms with Crippen molar-refractivity contribution in [1.29, 1.82) is 0 Å². The van der Waals surface area contributed by atoms with Gasteiger partial charge >= 0.3 is 5.97 Å². The lowest BCUT2D eigenvalue weighted by Crippen LogP contribution is -2.04. The minimum absolute atomic E-state index is 0.0336. The van der Waals surface area contributed by atoms with Gasteiger partial charge in [0.05, 0.1) is 7.11 Å². The highest BCUT2D eigenvalue weighted by molar-refractivity contribution is 6.21. The molecule has 0 saturated heterocycles. The highest BCUT2D eigenvalue weighted by atomic mass is 16.5. The second-order valence-corrected chi connectivity index (χ2v) is 5.58. The number of rotatable bonds is 4. The van der Waals surface area contributed by atoms with Crippen LogP contribution in [0.1, 0.15) is 21.7 Å². The van der Waals surface area contributed by atoms with E-state index >= 15 is 0 Å². The topological polar surface area (TPSA) is 110 Å². The Morgan fingerprint density at radius 3 is 2.85 bits per heavy atom. The number of furan rings is 1. The number of hydrogen-bond acceptors (Lipinski definition) is 8. The third-order valence-electron chi connectivity index (χ3n) is 3.92. The quantitative estimate of drug-likeness (QED) is 0.683. The van der Waals surface area contributed by atoms with Crippen molar-refractivity contribution in [1.82, 2.24) is 9.97 Å². The Labute approximate surface area is 153 Å². The molecule has 27 heavy (non-hydrogen) atoms. The maximum absolute atomic E-state index is 12.1. The van der Waals surface area contributed by atoms with Gasteiger partial charge in [-0.2, -0.15) is 0 Å². The van der Waals surface area contributed by atoms with Crippen LogP contribution < -0.4 is 5.32 Å². The van der Waals surface area contributed by atoms with E-state index in [-0.39, 0.29) is 23.0 Å². The summed E-state index contributed by atoms with van der Waals surface area (Å²) in [4.78, 5) is 24.6. The minimum Gasteiger partial charge on any atom is -0.504 e. The molecular formula is C19H14N4O4. The van der Waals surface area contributed by atoms with E-state index in [2.05, 4.69) is 20.3 Å². The average molecular weight is 362 g/mol. The van der Waals surface area contributed by atoms with E-state index < -0.39 is 5.97 Å². The standard InChI is InChI=1S/C19H14N4O4/c1-26-19(25)15-16(24)13(27-18(15)23-14-6-2-3-7-20-14)9-11-10-22-17-12(11)5-4-8-21-17/h2-10,24H,1H3,(H,20,23)/b11-9+. The molecule has 0 aromatic carbocycles. The Morgan fingerprint density at radius 1 is 1.22 bits per heavy atom. The number of hydrogen-bond donors (Lipinski definition) is 2. The molecule has 8 nitrogen and oxygen atoms in total. The Hall–Kier alpha value is -3.94. The van der Waals surface area contributed by atoms with E-state index in [4.69, 9.17) is 9.15 Å². The van der Waals surface area contributed by atoms with Crippen LogP contribution in [0.5, 0.6) is 5.75 Å². The molecule has 1 aliphatic rings. The average Bonchev–Trinajstić information content (AvgIpc) is 3.24. The lowest BCUT2D eigenvalue weighted by atomic mass is 10.1. The van der Waals surface area contributed by atoms with Crippen molar-refractivity contribution in [3.8, 4) is 5.75 Å². The summed E-state index contributed by atoms with van der Waals surface area (Å²) in [7, 11) is 1.23. The van der Waals surface area contributed by atoms with Gasteiger partial charge in [-0.15, -0.1) is 0 Å². The Kier molecular flexibility index (Phi) is 4.13. The molecule has 2 N–H and O–H groups in total. The molecule has 0 saturated carbocycles. The normalized spacial score (nSPS) is 13.6. The number of ether oxygens (including phenoxy) is 1. The third-order valence-corrected chi connectivity index (χ3v) is 3.92. The maximum Gasteiger partial charge on any atom is 0.347 e. The number of aliphatic imine (C=N–C) groups is 1. The largest absolute Gasteiger partial charge is 0.504 e. The Morgan fingerprint density at radius 2 is 2.07 bits per heavy atom. The van der Waals surface area contributed by atoms with Crippen LogP contribution >= 0.6 is 0 Å². The van der Waals surface area contributed by atoms with Gasteiger partial charge in [0.1, 0.15) is 5.82 Å². The second kappa shape index (κ2) is 6.75. The van der Waals surface area contributed by atoms with Crippen molar-refractivity contribution < 1.29 is 19.1 Å². The summed E-state index contributed by atoms with van der Waals surface area (Å²) < 4.78 is 10.4. The summed E-state index contributed by atoms with van der Waals surface area (Å²) in [6.45, 7) is 0. The number of carbonyl (C=O) groups is 1. The maximum atomic E-state index is 12.1. The molecule has 0 fully saturated rings. The highest BCUT2D eigenvalue weighted by Gasteiger charge is 2.27. The van der Waals surface area contributed by atoms with Crippen LogP contribution in [0.25, 0.3) is 11.6 Å². The van der Waals surface area contributed by atoms with Crippen LogP contribution in [0, 0.1) is 0 Å². The zero-order valence-electron chi connectivity index (χ0n) is 14.2. The number of aromatic hydroxyl groups is 1. The molecule has 0 bridgehead atoms. The van der Waals surface area contributed by atoms with E-state index in [0.717, 1.165) is 5.56 Å². The molecule has 3 aromatic rings. The molecule has 0 unspecified atom stereocenters. The van der Waals surface area contributed by atoms with Crippen LogP contribution in [0.3, 0.4) is 0 Å². The van der Waals surface area contributed by atoms with Crippen molar-refractivity contribution >= 4 is 41.4 Å². The third kappa shape index (κ3) is 3.04. The molecule has 4 rings (SSSR count).